The number of nitriles is 1. The molecule has 1 amide bonds. The summed E-state index contributed by atoms with van der Waals surface area (Å²) in [5, 5.41) is 15.0. The van der Waals surface area contributed by atoms with Gasteiger partial charge < -0.3 is 18.9 Å². The van der Waals surface area contributed by atoms with Gasteiger partial charge in [0.25, 0.3) is 0 Å². The fraction of sp³-hybridized carbons (Fsp3) is 0.391. The third-order valence-electron chi connectivity index (χ3n) is 5.38. The maximum absolute atomic E-state index is 12.6. The minimum absolute atomic E-state index is 0.128. The molecule has 0 atom stereocenters. The Labute approximate surface area is 196 Å². The fourth-order valence-corrected chi connectivity index (χ4v) is 4.24. The fourth-order valence-electron chi connectivity index (χ4n) is 3.59. The van der Waals surface area contributed by atoms with Crippen molar-refractivity contribution in [3.63, 3.8) is 0 Å². The van der Waals surface area contributed by atoms with Gasteiger partial charge in [-0.25, -0.2) is 0 Å². The van der Waals surface area contributed by atoms with E-state index in [9.17, 15) is 4.79 Å². The summed E-state index contributed by atoms with van der Waals surface area (Å²) in [5.74, 6) is 2.42. The van der Waals surface area contributed by atoms with Crippen LogP contribution in [0, 0.1) is 11.3 Å². The van der Waals surface area contributed by atoms with E-state index in [-0.39, 0.29) is 5.91 Å². The summed E-state index contributed by atoms with van der Waals surface area (Å²) < 4.78 is 16.4. The summed E-state index contributed by atoms with van der Waals surface area (Å²) in [5.41, 5.74) is 0.510. The lowest BCUT2D eigenvalue weighted by Crippen LogP contribution is -2.48. The number of hydrogen-bond donors (Lipinski definition) is 0. The van der Waals surface area contributed by atoms with Crippen molar-refractivity contribution >= 4 is 17.2 Å². The molecule has 1 aliphatic heterocycles. The van der Waals surface area contributed by atoms with Crippen LogP contribution in [0.2, 0.25) is 0 Å². The molecule has 0 N–H and O–H groups in total. The van der Waals surface area contributed by atoms with Crippen molar-refractivity contribution < 1.29 is 18.8 Å². The van der Waals surface area contributed by atoms with Gasteiger partial charge in [0.05, 0.1) is 36.8 Å². The molecule has 172 valence electrons. The number of hydrogen-bond acceptors (Lipinski definition) is 9. The summed E-state index contributed by atoms with van der Waals surface area (Å²) in [7, 11) is 1.54. The Morgan fingerprint density at radius 1 is 1.24 bits per heavy atom. The molecule has 4 rings (SSSR count). The lowest BCUT2D eigenvalue weighted by molar-refractivity contribution is -0.133. The van der Waals surface area contributed by atoms with E-state index in [0.717, 1.165) is 18.0 Å². The maximum Gasteiger partial charge on any atom is 0.241 e. The van der Waals surface area contributed by atoms with Crippen LogP contribution in [0.25, 0.3) is 10.7 Å². The lowest BCUT2D eigenvalue weighted by Gasteiger charge is -2.34. The minimum atomic E-state index is 0.128. The predicted octanol–water partition coefficient (Wildman–Crippen LogP) is 3.18. The molecule has 0 spiro atoms. The van der Waals surface area contributed by atoms with Gasteiger partial charge in [-0.15, -0.1) is 11.3 Å². The zero-order valence-corrected chi connectivity index (χ0v) is 19.2. The van der Waals surface area contributed by atoms with Gasteiger partial charge in [-0.3, -0.25) is 9.69 Å². The zero-order valence-electron chi connectivity index (χ0n) is 18.4. The van der Waals surface area contributed by atoms with Crippen LogP contribution in [0.3, 0.4) is 0 Å². The van der Waals surface area contributed by atoms with Crippen molar-refractivity contribution in [2.45, 2.75) is 19.4 Å². The Bertz CT molecular complexity index is 1100. The first-order valence-corrected chi connectivity index (χ1v) is 11.6. The summed E-state index contributed by atoms with van der Waals surface area (Å²) >= 11 is 1.58. The molecule has 3 aromatic rings. The van der Waals surface area contributed by atoms with Gasteiger partial charge in [0, 0.05) is 38.7 Å². The lowest BCUT2D eigenvalue weighted by atomic mass is 10.2. The Morgan fingerprint density at radius 2 is 2.09 bits per heavy atom. The number of thiophene rings is 1. The molecule has 1 fully saturated rings. The highest BCUT2D eigenvalue weighted by molar-refractivity contribution is 7.13. The molecule has 0 radical (unpaired) electrons. The summed E-state index contributed by atoms with van der Waals surface area (Å²) in [6.45, 7) is 3.87. The second-order valence-electron chi connectivity index (χ2n) is 7.58. The van der Waals surface area contributed by atoms with Crippen LogP contribution in [0.1, 0.15) is 24.3 Å². The smallest absolute Gasteiger partial charge is 0.241 e. The monoisotopic (exact) mass is 467 g/mol. The van der Waals surface area contributed by atoms with Crippen LogP contribution in [0.5, 0.6) is 11.5 Å². The van der Waals surface area contributed by atoms with Gasteiger partial charge >= 0.3 is 0 Å². The number of piperazine rings is 1. The number of carbonyl (C=O) groups is 1. The van der Waals surface area contributed by atoms with Gasteiger partial charge in [-0.05, 0) is 30.0 Å². The molecule has 3 heterocycles. The Kier molecular flexibility index (Phi) is 7.55. The minimum Gasteiger partial charge on any atom is -0.493 e. The molecule has 10 heteroatoms. The molecule has 0 unspecified atom stereocenters. The molecule has 1 aliphatic rings. The van der Waals surface area contributed by atoms with Crippen LogP contribution < -0.4 is 9.47 Å². The van der Waals surface area contributed by atoms with Crippen LogP contribution in [-0.4, -0.2) is 65.7 Å². The molecule has 9 nitrogen and oxygen atoms in total. The van der Waals surface area contributed by atoms with Gasteiger partial charge in [0.15, 0.2) is 11.5 Å². The van der Waals surface area contributed by atoms with Gasteiger partial charge in [-0.1, -0.05) is 11.2 Å². The Morgan fingerprint density at radius 3 is 2.82 bits per heavy atom. The van der Waals surface area contributed by atoms with Crippen molar-refractivity contribution in [3.8, 4) is 28.3 Å². The number of carbonyl (C=O) groups excluding carboxylic acids is 1. The highest BCUT2D eigenvalue weighted by Gasteiger charge is 2.22. The predicted molar refractivity (Wildman–Crippen MR) is 122 cm³/mol. The molecule has 0 aliphatic carbocycles. The van der Waals surface area contributed by atoms with E-state index in [0.29, 0.717) is 67.9 Å². The second-order valence-corrected chi connectivity index (χ2v) is 8.52. The Balaban J connectivity index is 1.17. The van der Waals surface area contributed by atoms with E-state index < -0.39 is 0 Å². The normalized spacial score (nSPS) is 14.1. The van der Waals surface area contributed by atoms with Crippen molar-refractivity contribution in [1.29, 1.82) is 5.26 Å². The average molecular weight is 468 g/mol. The Hall–Kier alpha value is -3.42. The zero-order chi connectivity index (χ0) is 23.0. The van der Waals surface area contributed by atoms with Gasteiger partial charge in [0.1, 0.15) is 0 Å². The number of nitrogens with zero attached hydrogens (tertiary/aromatic N) is 5. The molecule has 1 aromatic carbocycles. The number of amides is 1. The second kappa shape index (κ2) is 10.9. The molecule has 2 aromatic heterocycles. The standard InChI is InChI=1S/C23H25N5O4S/c1-30-19-14-17(15-24)6-7-18(19)31-12-2-5-22(29)28-10-8-27(9-11-28)16-21-25-23(26-32-21)20-4-3-13-33-20/h3-4,6-7,13-14H,2,5,8-12,16H2,1H3. The van der Waals surface area contributed by atoms with E-state index in [1.54, 1.807) is 29.5 Å². The van der Waals surface area contributed by atoms with E-state index in [1.165, 1.54) is 7.11 Å². The number of methoxy groups -OCH3 is 1. The highest BCUT2D eigenvalue weighted by atomic mass is 32.1. The van der Waals surface area contributed by atoms with E-state index in [4.69, 9.17) is 19.3 Å². The van der Waals surface area contributed by atoms with Gasteiger partial charge in [-0.2, -0.15) is 10.2 Å². The maximum atomic E-state index is 12.6. The number of ether oxygens (including phenoxy) is 2. The molecule has 0 bridgehead atoms. The number of benzene rings is 1. The average Bonchev–Trinajstić information content (AvgIpc) is 3.54. The summed E-state index contributed by atoms with van der Waals surface area (Å²) in [4.78, 5) is 22.1. The van der Waals surface area contributed by atoms with E-state index in [2.05, 4.69) is 21.1 Å². The molecule has 0 saturated carbocycles. The van der Waals surface area contributed by atoms with E-state index >= 15 is 0 Å². The molecule has 33 heavy (non-hydrogen) atoms. The first kappa shape index (κ1) is 22.8. The quantitative estimate of drug-likeness (QED) is 0.442. The highest BCUT2D eigenvalue weighted by Crippen LogP contribution is 2.28. The van der Waals surface area contributed by atoms with Crippen molar-refractivity contribution in [1.82, 2.24) is 19.9 Å². The first-order chi connectivity index (χ1) is 16.2. The molecular formula is C23H25N5O4S. The van der Waals surface area contributed by atoms with Crippen molar-refractivity contribution in [2.75, 3.05) is 39.9 Å². The van der Waals surface area contributed by atoms with Crippen LogP contribution >= 0.6 is 11.3 Å². The van der Waals surface area contributed by atoms with Crippen LogP contribution in [0.4, 0.5) is 0 Å². The van der Waals surface area contributed by atoms with Crippen molar-refractivity contribution in [2.24, 2.45) is 0 Å². The SMILES string of the molecule is COc1cc(C#N)ccc1OCCCC(=O)N1CCN(Cc2nc(-c3cccs3)no2)CC1. The number of aromatic nitrogens is 2. The number of rotatable bonds is 9. The third-order valence-corrected chi connectivity index (χ3v) is 6.24. The largest absolute Gasteiger partial charge is 0.493 e. The molecule has 1 saturated heterocycles. The van der Waals surface area contributed by atoms with E-state index in [1.807, 2.05) is 22.4 Å². The van der Waals surface area contributed by atoms with Crippen molar-refractivity contribution in [3.05, 3.63) is 47.2 Å². The third kappa shape index (κ3) is 5.88. The van der Waals surface area contributed by atoms with Crippen LogP contribution in [0.15, 0.2) is 40.2 Å². The first-order valence-electron chi connectivity index (χ1n) is 10.7. The summed E-state index contributed by atoms with van der Waals surface area (Å²) in [6, 6.07) is 11.0. The van der Waals surface area contributed by atoms with Gasteiger partial charge in [0.2, 0.25) is 17.6 Å². The summed E-state index contributed by atoms with van der Waals surface area (Å²) in [6.07, 6.45) is 1.03. The van der Waals surface area contributed by atoms with Crippen LogP contribution in [-0.2, 0) is 11.3 Å². The molecular weight excluding hydrogens is 442 g/mol. The topological polar surface area (TPSA) is 105 Å².